The number of hydrogen-bond donors (Lipinski definition) is 2. The van der Waals surface area contributed by atoms with E-state index in [4.69, 9.17) is 4.74 Å². The van der Waals surface area contributed by atoms with E-state index < -0.39 is 0 Å². The molecule has 4 aromatic rings. The summed E-state index contributed by atoms with van der Waals surface area (Å²) in [5, 5.41) is 7.96. The van der Waals surface area contributed by atoms with Crippen LogP contribution in [0.3, 0.4) is 0 Å². The first-order valence-electron chi connectivity index (χ1n) is 10.6. The van der Waals surface area contributed by atoms with Crippen LogP contribution < -0.4 is 15.4 Å². The highest BCUT2D eigenvalue weighted by Crippen LogP contribution is 2.28. The fraction of sp³-hybridized carbons (Fsp3) is 0.115. The minimum absolute atomic E-state index is 0.116. The maximum Gasteiger partial charge on any atom is 0.255 e. The van der Waals surface area contributed by atoms with Crippen molar-refractivity contribution in [1.29, 1.82) is 0 Å². The van der Waals surface area contributed by atoms with Crippen molar-refractivity contribution >= 4 is 45.7 Å². The van der Waals surface area contributed by atoms with Gasteiger partial charge in [-0.25, -0.2) is 4.98 Å². The molecule has 0 saturated heterocycles. The number of ether oxygens (including phenoxy) is 1. The van der Waals surface area contributed by atoms with Crippen molar-refractivity contribution in [2.45, 2.75) is 17.1 Å². The lowest BCUT2D eigenvalue weighted by atomic mass is 10.2. The van der Waals surface area contributed by atoms with Crippen LogP contribution in [0.2, 0.25) is 0 Å². The Morgan fingerprint density at radius 2 is 1.74 bits per heavy atom. The standard InChI is InChI=1S/C26H23N3O3S2/c1-17(24(30)29-26-28-23(16-33-26)18-7-4-3-5-8-18)34-22-13-11-20(12-14-22)27-25(31)19-9-6-10-21(15-19)32-2/h3-17H,1-2H3,(H,27,31)(H,28,29,30). The minimum atomic E-state index is -0.318. The Kier molecular flexibility index (Phi) is 7.61. The largest absolute Gasteiger partial charge is 0.497 e. The number of hydrogen-bond acceptors (Lipinski definition) is 6. The Balaban J connectivity index is 1.31. The smallest absolute Gasteiger partial charge is 0.255 e. The van der Waals surface area contributed by atoms with Gasteiger partial charge in [-0.1, -0.05) is 36.4 Å². The molecular weight excluding hydrogens is 466 g/mol. The molecule has 0 bridgehead atoms. The molecule has 1 heterocycles. The third-order valence-corrected chi connectivity index (χ3v) is 6.80. The third-order valence-electron chi connectivity index (χ3n) is 4.93. The number of aromatic nitrogens is 1. The Bertz CT molecular complexity index is 1270. The number of thioether (sulfide) groups is 1. The molecule has 1 unspecified atom stereocenters. The number of amides is 2. The Hall–Kier alpha value is -3.62. The third kappa shape index (κ3) is 6.03. The lowest BCUT2D eigenvalue weighted by Gasteiger charge is -2.11. The predicted octanol–water partition coefficient (Wildman–Crippen LogP) is 6.19. The molecule has 0 aliphatic carbocycles. The Labute approximate surface area is 206 Å². The highest BCUT2D eigenvalue weighted by molar-refractivity contribution is 8.00. The van der Waals surface area contributed by atoms with Crippen LogP contribution in [0.25, 0.3) is 11.3 Å². The van der Waals surface area contributed by atoms with Gasteiger partial charge < -0.3 is 15.4 Å². The maximum atomic E-state index is 12.7. The molecule has 0 fully saturated rings. The molecule has 1 atom stereocenters. The second kappa shape index (κ2) is 11.0. The van der Waals surface area contributed by atoms with Crippen molar-refractivity contribution in [3.05, 3.63) is 89.8 Å². The van der Waals surface area contributed by atoms with E-state index in [9.17, 15) is 9.59 Å². The summed E-state index contributed by atoms with van der Waals surface area (Å²) in [5.74, 6) is 0.292. The molecule has 3 aromatic carbocycles. The Morgan fingerprint density at radius 1 is 0.971 bits per heavy atom. The molecule has 0 saturated carbocycles. The molecule has 0 aliphatic heterocycles. The molecule has 4 rings (SSSR count). The molecule has 2 amide bonds. The van der Waals surface area contributed by atoms with Crippen LogP contribution in [0.15, 0.2) is 89.1 Å². The summed E-state index contributed by atoms with van der Waals surface area (Å²) in [5.41, 5.74) is 3.04. The first kappa shape index (κ1) is 23.5. The van der Waals surface area contributed by atoms with Crippen LogP contribution in [-0.2, 0) is 4.79 Å². The number of nitrogens with one attached hydrogen (secondary N) is 2. The minimum Gasteiger partial charge on any atom is -0.497 e. The summed E-state index contributed by atoms with van der Waals surface area (Å²) < 4.78 is 5.17. The summed E-state index contributed by atoms with van der Waals surface area (Å²) >= 11 is 2.84. The van der Waals surface area contributed by atoms with E-state index in [0.29, 0.717) is 22.1 Å². The molecule has 0 aliphatic rings. The molecule has 34 heavy (non-hydrogen) atoms. The molecule has 1 aromatic heterocycles. The van der Waals surface area contributed by atoms with Crippen molar-refractivity contribution in [1.82, 2.24) is 4.98 Å². The lowest BCUT2D eigenvalue weighted by molar-refractivity contribution is -0.115. The van der Waals surface area contributed by atoms with E-state index in [1.54, 1.807) is 31.4 Å². The number of carbonyl (C=O) groups excluding carboxylic acids is 2. The summed E-state index contributed by atoms with van der Waals surface area (Å²) in [7, 11) is 1.56. The van der Waals surface area contributed by atoms with Crippen molar-refractivity contribution in [3.63, 3.8) is 0 Å². The van der Waals surface area contributed by atoms with Crippen molar-refractivity contribution < 1.29 is 14.3 Å². The van der Waals surface area contributed by atoms with Gasteiger partial charge in [-0.15, -0.1) is 23.1 Å². The fourth-order valence-corrected chi connectivity index (χ4v) is 4.71. The second-order valence-corrected chi connectivity index (χ2v) is 9.64. The van der Waals surface area contributed by atoms with Crippen LogP contribution >= 0.6 is 23.1 Å². The quantitative estimate of drug-likeness (QED) is 0.289. The summed E-state index contributed by atoms with van der Waals surface area (Å²) in [6.07, 6.45) is 0. The number of methoxy groups -OCH3 is 1. The topological polar surface area (TPSA) is 80.3 Å². The van der Waals surface area contributed by atoms with Crippen LogP contribution in [0.5, 0.6) is 5.75 Å². The van der Waals surface area contributed by atoms with Crippen molar-refractivity contribution in [2.75, 3.05) is 17.7 Å². The average molecular weight is 490 g/mol. The van der Waals surface area contributed by atoms with Gasteiger partial charge >= 0.3 is 0 Å². The van der Waals surface area contributed by atoms with E-state index in [-0.39, 0.29) is 17.1 Å². The molecule has 0 radical (unpaired) electrons. The first-order valence-corrected chi connectivity index (χ1v) is 12.3. The van der Waals surface area contributed by atoms with Crippen molar-refractivity contribution in [3.8, 4) is 17.0 Å². The second-order valence-electron chi connectivity index (χ2n) is 7.36. The molecule has 2 N–H and O–H groups in total. The highest BCUT2D eigenvalue weighted by atomic mass is 32.2. The fourth-order valence-electron chi connectivity index (χ4n) is 3.12. The number of nitrogens with zero attached hydrogens (tertiary/aromatic N) is 1. The monoisotopic (exact) mass is 489 g/mol. The zero-order valence-corrected chi connectivity index (χ0v) is 20.3. The first-order chi connectivity index (χ1) is 16.5. The predicted molar refractivity (Wildman–Crippen MR) is 139 cm³/mol. The van der Waals surface area contributed by atoms with Crippen LogP contribution in [-0.4, -0.2) is 29.2 Å². The lowest BCUT2D eigenvalue weighted by Crippen LogP contribution is -2.22. The summed E-state index contributed by atoms with van der Waals surface area (Å²) in [6.45, 7) is 1.85. The molecule has 8 heteroatoms. The summed E-state index contributed by atoms with van der Waals surface area (Å²) in [6, 6.07) is 24.2. The van der Waals surface area contributed by atoms with Gasteiger partial charge in [0, 0.05) is 27.1 Å². The van der Waals surface area contributed by atoms with E-state index >= 15 is 0 Å². The zero-order chi connectivity index (χ0) is 23.9. The zero-order valence-electron chi connectivity index (χ0n) is 18.6. The molecular formula is C26H23N3O3S2. The van der Waals surface area contributed by atoms with Gasteiger partial charge in [0.25, 0.3) is 5.91 Å². The van der Waals surface area contributed by atoms with Gasteiger partial charge in [-0.3, -0.25) is 9.59 Å². The number of anilines is 2. The van der Waals surface area contributed by atoms with Gasteiger partial charge in [0.1, 0.15) is 5.75 Å². The number of carbonyl (C=O) groups is 2. The molecule has 172 valence electrons. The number of thiazole rings is 1. The van der Waals surface area contributed by atoms with Gasteiger partial charge in [0.2, 0.25) is 5.91 Å². The normalized spacial score (nSPS) is 11.5. The molecule has 0 spiro atoms. The molecule has 6 nitrogen and oxygen atoms in total. The van der Waals surface area contributed by atoms with E-state index in [1.165, 1.54) is 23.1 Å². The van der Waals surface area contributed by atoms with E-state index in [2.05, 4.69) is 15.6 Å². The van der Waals surface area contributed by atoms with Crippen molar-refractivity contribution in [2.24, 2.45) is 0 Å². The van der Waals surface area contributed by atoms with Crippen LogP contribution in [0.1, 0.15) is 17.3 Å². The summed E-state index contributed by atoms with van der Waals surface area (Å²) in [4.78, 5) is 30.6. The number of rotatable bonds is 8. The van der Waals surface area contributed by atoms with Gasteiger partial charge in [-0.2, -0.15) is 0 Å². The Morgan fingerprint density at radius 3 is 2.47 bits per heavy atom. The van der Waals surface area contributed by atoms with Gasteiger partial charge in [0.05, 0.1) is 18.1 Å². The van der Waals surface area contributed by atoms with Gasteiger partial charge in [0.15, 0.2) is 5.13 Å². The number of benzene rings is 3. The van der Waals surface area contributed by atoms with Gasteiger partial charge in [-0.05, 0) is 49.4 Å². The van der Waals surface area contributed by atoms with Crippen LogP contribution in [0, 0.1) is 0 Å². The SMILES string of the molecule is COc1cccc(C(=O)Nc2ccc(SC(C)C(=O)Nc3nc(-c4ccccc4)cs3)cc2)c1. The van der Waals surface area contributed by atoms with Crippen LogP contribution in [0.4, 0.5) is 10.8 Å². The van der Waals surface area contributed by atoms with E-state index in [0.717, 1.165) is 16.2 Å². The average Bonchev–Trinajstić information content (AvgIpc) is 3.34. The highest BCUT2D eigenvalue weighted by Gasteiger charge is 2.17. The van der Waals surface area contributed by atoms with E-state index in [1.807, 2.05) is 66.9 Å². The maximum absolute atomic E-state index is 12.7.